The van der Waals surface area contributed by atoms with E-state index in [1.165, 1.54) is 12.0 Å². The zero-order valence-corrected chi connectivity index (χ0v) is 20.8. The summed E-state index contributed by atoms with van der Waals surface area (Å²) < 4.78 is 12.3. The molecule has 1 fully saturated rings. The second kappa shape index (κ2) is 13.8. The lowest BCUT2D eigenvalue weighted by Crippen LogP contribution is -2.51. The second-order valence-electron chi connectivity index (χ2n) is 7.48. The van der Waals surface area contributed by atoms with Gasteiger partial charge in [0.25, 0.3) is 0 Å². The summed E-state index contributed by atoms with van der Waals surface area (Å²) in [6.07, 6.45) is 2.33. The van der Waals surface area contributed by atoms with E-state index in [-0.39, 0.29) is 24.0 Å². The number of benzene rings is 2. The molecule has 2 aromatic carbocycles. The van der Waals surface area contributed by atoms with Crippen LogP contribution in [0.4, 0.5) is 0 Å². The molecule has 7 heteroatoms. The standard InChI is InChI=1S/C23H32N4OS.HI/c1-24-23(25-14-16-29(28)19-21-11-6-3-7-12-21)26-22-13-8-15-27(18-22)17-20-9-4-2-5-10-20;/h2-7,9-12,22H,8,13-19H2,1H3,(H2,24,25,26);1H. The Hall–Kier alpha value is -1.45. The second-order valence-corrected chi connectivity index (χ2v) is 9.05. The Bertz CT molecular complexity index is 788. The van der Waals surface area contributed by atoms with Gasteiger partial charge in [-0.3, -0.25) is 14.1 Å². The predicted molar refractivity (Wildman–Crippen MR) is 138 cm³/mol. The molecule has 5 nitrogen and oxygen atoms in total. The maximum atomic E-state index is 12.3. The van der Waals surface area contributed by atoms with Crippen LogP contribution in [0.15, 0.2) is 65.7 Å². The minimum absolute atomic E-state index is 0. The molecule has 2 unspecified atom stereocenters. The van der Waals surface area contributed by atoms with Crippen molar-refractivity contribution in [2.75, 3.05) is 32.4 Å². The van der Waals surface area contributed by atoms with Crippen molar-refractivity contribution in [3.63, 3.8) is 0 Å². The fourth-order valence-electron chi connectivity index (χ4n) is 3.66. The molecule has 1 heterocycles. The SMILES string of the molecule is CN=C(NCCS(=O)Cc1ccccc1)NC1CCCN(Cc2ccccc2)C1.I. The molecule has 0 radical (unpaired) electrons. The molecule has 2 atom stereocenters. The number of halogens is 1. The number of aliphatic imine (C=N–C) groups is 1. The molecule has 30 heavy (non-hydrogen) atoms. The van der Waals surface area contributed by atoms with Crippen molar-refractivity contribution in [1.29, 1.82) is 0 Å². The van der Waals surface area contributed by atoms with Gasteiger partial charge >= 0.3 is 0 Å². The van der Waals surface area contributed by atoms with Gasteiger partial charge in [-0.1, -0.05) is 60.7 Å². The summed E-state index contributed by atoms with van der Waals surface area (Å²) in [6.45, 7) is 3.79. The maximum absolute atomic E-state index is 12.3. The van der Waals surface area contributed by atoms with Crippen LogP contribution in [-0.4, -0.2) is 53.5 Å². The smallest absolute Gasteiger partial charge is 0.191 e. The molecule has 2 N–H and O–H groups in total. The number of hydrogen-bond donors (Lipinski definition) is 2. The highest BCUT2D eigenvalue weighted by Gasteiger charge is 2.20. The van der Waals surface area contributed by atoms with E-state index in [9.17, 15) is 4.21 Å². The zero-order chi connectivity index (χ0) is 20.3. The molecular weight excluding hydrogens is 507 g/mol. The first-order chi connectivity index (χ1) is 14.2. The Labute approximate surface area is 200 Å². The lowest BCUT2D eigenvalue weighted by molar-refractivity contribution is 0.192. The van der Waals surface area contributed by atoms with E-state index in [2.05, 4.69) is 50.9 Å². The van der Waals surface area contributed by atoms with Crippen molar-refractivity contribution < 1.29 is 4.21 Å². The van der Waals surface area contributed by atoms with Crippen molar-refractivity contribution in [2.24, 2.45) is 4.99 Å². The first kappa shape index (κ1) is 24.8. The van der Waals surface area contributed by atoms with Crippen molar-refractivity contribution in [3.05, 3.63) is 71.8 Å². The van der Waals surface area contributed by atoms with Gasteiger partial charge in [-0.05, 0) is 30.5 Å². The van der Waals surface area contributed by atoms with E-state index in [0.717, 1.165) is 37.6 Å². The van der Waals surface area contributed by atoms with Crippen LogP contribution in [-0.2, 0) is 23.1 Å². The van der Waals surface area contributed by atoms with Crippen LogP contribution in [0.3, 0.4) is 0 Å². The van der Waals surface area contributed by atoms with Crippen LogP contribution >= 0.6 is 24.0 Å². The average molecular weight is 541 g/mol. The summed E-state index contributed by atoms with van der Waals surface area (Å²) in [5, 5.41) is 6.87. The summed E-state index contributed by atoms with van der Waals surface area (Å²) in [5.74, 6) is 2.01. The van der Waals surface area contributed by atoms with Crippen molar-refractivity contribution in [1.82, 2.24) is 15.5 Å². The van der Waals surface area contributed by atoms with Crippen LogP contribution in [0.2, 0.25) is 0 Å². The highest BCUT2D eigenvalue weighted by molar-refractivity contribution is 14.0. The highest BCUT2D eigenvalue weighted by Crippen LogP contribution is 2.13. The monoisotopic (exact) mass is 540 g/mol. The molecule has 0 spiro atoms. The Morgan fingerprint density at radius 1 is 1.10 bits per heavy atom. The van der Waals surface area contributed by atoms with Gasteiger partial charge in [0, 0.05) is 55.0 Å². The largest absolute Gasteiger partial charge is 0.355 e. The van der Waals surface area contributed by atoms with Gasteiger partial charge in [-0.25, -0.2) is 0 Å². The quantitative estimate of drug-likeness (QED) is 0.306. The third kappa shape index (κ3) is 8.73. The Balaban J connectivity index is 0.00000320. The zero-order valence-electron chi connectivity index (χ0n) is 17.6. The predicted octanol–water partition coefficient (Wildman–Crippen LogP) is 3.38. The van der Waals surface area contributed by atoms with Crippen molar-refractivity contribution in [2.45, 2.75) is 31.2 Å². The molecule has 1 aliphatic heterocycles. The van der Waals surface area contributed by atoms with Gasteiger partial charge in [-0.15, -0.1) is 24.0 Å². The number of rotatable bonds is 8. The summed E-state index contributed by atoms with van der Waals surface area (Å²) >= 11 is 0. The Morgan fingerprint density at radius 2 is 1.77 bits per heavy atom. The van der Waals surface area contributed by atoms with Crippen LogP contribution in [0.5, 0.6) is 0 Å². The first-order valence-electron chi connectivity index (χ1n) is 10.4. The number of hydrogen-bond acceptors (Lipinski definition) is 3. The maximum Gasteiger partial charge on any atom is 0.191 e. The van der Waals surface area contributed by atoms with Crippen molar-refractivity contribution >= 4 is 40.7 Å². The van der Waals surface area contributed by atoms with Crippen molar-refractivity contribution in [3.8, 4) is 0 Å². The first-order valence-corrected chi connectivity index (χ1v) is 11.8. The molecule has 2 aromatic rings. The Morgan fingerprint density at radius 3 is 2.43 bits per heavy atom. The van der Waals surface area contributed by atoms with E-state index in [1.807, 2.05) is 30.3 Å². The molecule has 1 saturated heterocycles. The lowest BCUT2D eigenvalue weighted by Gasteiger charge is -2.34. The Kier molecular flexibility index (Phi) is 11.4. The van der Waals surface area contributed by atoms with E-state index >= 15 is 0 Å². The normalized spacial score (nSPS) is 18.3. The number of nitrogens with one attached hydrogen (secondary N) is 2. The van der Waals surface area contributed by atoms with E-state index in [0.29, 0.717) is 24.1 Å². The molecule has 0 saturated carbocycles. The summed E-state index contributed by atoms with van der Waals surface area (Å²) in [6, 6.07) is 21.0. The molecule has 0 bridgehead atoms. The van der Waals surface area contributed by atoms with Gasteiger partial charge in [0.1, 0.15) is 0 Å². The average Bonchev–Trinajstić information content (AvgIpc) is 2.75. The number of guanidine groups is 1. The van der Waals surface area contributed by atoms with E-state index < -0.39 is 10.8 Å². The molecule has 0 aliphatic carbocycles. The number of piperidine rings is 1. The molecule has 1 aliphatic rings. The van der Waals surface area contributed by atoms with E-state index in [1.54, 1.807) is 7.05 Å². The molecule has 0 amide bonds. The minimum Gasteiger partial charge on any atom is -0.355 e. The third-order valence-corrected chi connectivity index (χ3v) is 6.43. The summed E-state index contributed by atoms with van der Waals surface area (Å²) in [7, 11) is 0.915. The number of likely N-dealkylation sites (tertiary alicyclic amines) is 1. The van der Waals surface area contributed by atoms with Crippen LogP contribution in [0, 0.1) is 0 Å². The van der Waals surface area contributed by atoms with Gasteiger partial charge in [0.05, 0.1) is 0 Å². The van der Waals surface area contributed by atoms with Crippen LogP contribution in [0.1, 0.15) is 24.0 Å². The fraction of sp³-hybridized carbons (Fsp3) is 0.435. The highest BCUT2D eigenvalue weighted by atomic mass is 127. The lowest BCUT2D eigenvalue weighted by atomic mass is 10.0. The summed E-state index contributed by atoms with van der Waals surface area (Å²) in [5.41, 5.74) is 2.48. The third-order valence-electron chi connectivity index (χ3n) is 5.11. The fourth-order valence-corrected chi connectivity index (χ4v) is 4.70. The molecular formula is C23H33IN4OS. The molecule has 0 aromatic heterocycles. The van der Waals surface area contributed by atoms with Gasteiger partial charge in [0.15, 0.2) is 5.96 Å². The molecule has 164 valence electrons. The van der Waals surface area contributed by atoms with E-state index in [4.69, 9.17) is 0 Å². The van der Waals surface area contributed by atoms with Gasteiger partial charge in [-0.2, -0.15) is 0 Å². The topological polar surface area (TPSA) is 56.7 Å². The van der Waals surface area contributed by atoms with Crippen LogP contribution < -0.4 is 10.6 Å². The number of nitrogens with zero attached hydrogens (tertiary/aromatic N) is 2. The molecule has 3 rings (SSSR count). The van der Waals surface area contributed by atoms with Crippen LogP contribution in [0.25, 0.3) is 0 Å². The van der Waals surface area contributed by atoms with Gasteiger partial charge < -0.3 is 10.6 Å². The minimum atomic E-state index is -0.878. The summed E-state index contributed by atoms with van der Waals surface area (Å²) in [4.78, 5) is 6.85. The van der Waals surface area contributed by atoms with Gasteiger partial charge in [0.2, 0.25) is 0 Å².